The lowest BCUT2D eigenvalue weighted by molar-refractivity contribution is 0.186. The molecule has 0 atom stereocenters. The van der Waals surface area contributed by atoms with E-state index >= 15 is 0 Å². The van der Waals surface area contributed by atoms with Crippen molar-refractivity contribution in [2.75, 3.05) is 0 Å². The van der Waals surface area contributed by atoms with Gasteiger partial charge >= 0.3 is 0 Å². The Labute approximate surface area is 201 Å². The molecule has 0 N–H and O–H groups in total. The minimum Gasteiger partial charge on any atom is -0.204 e. The van der Waals surface area contributed by atoms with Crippen LogP contribution in [0.4, 0.5) is 8.78 Å². The molecule has 0 radical (unpaired) electrons. The van der Waals surface area contributed by atoms with E-state index in [0.29, 0.717) is 0 Å². The molecule has 180 valence electrons. The predicted molar refractivity (Wildman–Crippen MR) is 139 cm³/mol. The van der Waals surface area contributed by atoms with Gasteiger partial charge in [0.05, 0.1) is 8.07 Å². The summed E-state index contributed by atoms with van der Waals surface area (Å²) in [5.41, 5.74) is 0.939. The number of aryl methyl sites for hydroxylation is 1. The van der Waals surface area contributed by atoms with Gasteiger partial charge in [-0.1, -0.05) is 112 Å². The first kappa shape index (κ1) is 24.6. The number of hydrogen-bond acceptors (Lipinski definition) is 0. The third-order valence-electron chi connectivity index (χ3n) is 9.02. The fraction of sp³-hybridized carbons (Fsp3) is 0.600. The van der Waals surface area contributed by atoms with E-state index < -0.39 is 19.7 Å². The highest BCUT2D eigenvalue weighted by molar-refractivity contribution is 6.92. The van der Waals surface area contributed by atoms with E-state index in [-0.39, 0.29) is 0 Å². The monoisotopic (exact) mass is 468 g/mol. The van der Waals surface area contributed by atoms with Crippen LogP contribution >= 0.6 is 0 Å². The van der Waals surface area contributed by atoms with E-state index in [9.17, 15) is 8.78 Å². The molecule has 1 saturated heterocycles. The molecule has 3 heteroatoms. The Morgan fingerprint density at radius 1 is 0.788 bits per heavy atom. The molecular weight excluding hydrogens is 426 g/mol. The van der Waals surface area contributed by atoms with Gasteiger partial charge in [0.15, 0.2) is 11.6 Å². The highest BCUT2D eigenvalue weighted by atomic mass is 28.3. The summed E-state index contributed by atoms with van der Waals surface area (Å²) in [6, 6.07) is 20.5. The van der Waals surface area contributed by atoms with Crippen LogP contribution in [0.25, 0.3) is 0 Å². The highest BCUT2D eigenvalue weighted by Crippen LogP contribution is 2.44. The summed E-state index contributed by atoms with van der Waals surface area (Å²) in [6.45, 7) is 2.32. The van der Waals surface area contributed by atoms with E-state index in [0.717, 1.165) is 36.2 Å². The van der Waals surface area contributed by atoms with Gasteiger partial charge in [0.2, 0.25) is 0 Å². The number of hydrogen-bond donors (Lipinski definition) is 0. The standard InChI is InChI=1S/C30H42F2Si/c1-2-3-7-20-33(28-8-5-4-6-9-28)21-18-27(19-22-33)26-15-12-24(13-16-26)10-11-25-14-17-29(31)30(32)23-25/h4-6,8-9,14,17,23-24,26-27H,2-3,7,10-13,15-16,18-22H2,1H3/t24-,26-,27?,33?. The van der Waals surface area contributed by atoms with E-state index in [1.807, 2.05) is 0 Å². The van der Waals surface area contributed by atoms with E-state index in [1.165, 1.54) is 88.1 Å². The topological polar surface area (TPSA) is 0 Å². The van der Waals surface area contributed by atoms with Crippen LogP contribution in [-0.4, -0.2) is 8.07 Å². The average Bonchev–Trinajstić information content (AvgIpc) is 2.86. The van der Waals surface area contributed by atoms with E-state index in [1.54, 1.807) is 11.3 Å². The van der Waals surface area contributed by atoms with Crippen molar-refractivity contribution in [3.8, 4) is 0 Å². The van der Waals surface area contributed by atoms with Gasteiger partial charge in [-0.3, -0.25) is 0 Å². The third kappa shape index (κ3) is 6.35. The van der Waals surface area contributed by atoms with Crippen LogP contribution in [0.1, 0.15) is 76.7 Å². The Bertz CT molecular complexity index is 849. The second kappa shape index (κ2) is 11.8. The molecule has 0 amide bonds. The van der Waals surface area contributed by atoms with Gasteiger partial charge < -0.3 is 0 Å². The molecule has 2 aromatic rings. The summed E-state index contributed by atoms with van der Waals surface area (Å²) in [5, 5.41) is 1.72. The van der Waals surface area contributed by atoms with Gasteiger partial charge in [0.1, 0.15) is 0 Å². The molecule has 0 spiro atoms. The van der Waals surface area contributed by atoms with Crippen molar-refractivity contribution >= 4 is 13.3 Å². The van der Waals surface area contributed by atoms with Gasteiger partial charge in [-0.25, -0.2) is 8.78 Å². The normalized spacial score (nSPS) is 28.0. The summed E-state index contributed by atoms with van der Waals surface area (Å²) < 4.78 is 26.6. The number of benzene rings is 2. The third-order valence-corrected chi connectivity index (χ3v) is 14.4. The zero-order valence-electron chi connectivity index (χ0n) is 20.5. The Morgan fingerprint density at radius 3 is 2.15 bits per heavy atom. The summed E-state index contributed by atoms with van der Waals surface area (Å²) >= 11 is 0. The van der Waals surface area contributed by atoms with E-state index in [4.69, 9.17) is 0 Å². The molecule has 2 aromatic carbocycles. The predicted octanol–water partition coefficient (Wildman–Crippen LogP) is 8.66. The second-order valence-corrected chi connectivity index (χ2v) is 15.6. The lowest BCUT2D eigenvalue weighted by Gasteiger charge is -2.43. The Balaban J connectivity index is 1.26. The minimum atomic E-state index is -1.33. The van der Waals surface area contributed by atoms with Gasteiger partial charge in [-0.05, 0) is 61.1 Å². The van der Waals surface area contributed by atoms with Crippen molar-refractivity contribution in [2.24, 2.45) is 17.8 Å². The SMILES string of the molecule is CCCCC[Si]1(c2ccccc2)CCC([C@H]2CC[C@H](CCc3ccc(F)c(F)c3)CC2)CC1. The largest absolute Gasteiger partial charge is 0.204 e. The van der Waals surface area contributed by atoms with Crippen molar-refractivity contribution in [1.29, 1.82) is 0 Å². The van der Waals surface area contributed by atoms with Gasteiger partial charge in [0.25, 0.3) is 0 Å². The highest BCUT2D eigenvalue weighted by Gasteiger charge is 2.40. The summed E-state index contributed by atoms with van der Waals surface area (Å²) in [4.78, 5) is 0. The molecule has 1 heterocycles. The van der Waals surface area contributed by atoms with Crippen LogP contribution in [-0.2, 0) is 6.42 Å². The van der Waals surface area contributed by atoms with Gasteiger partial charge in [-0.15, -0.1) is 0 Å². The molecule has 2 fully saturated rings. The maximum Gasteiger partial charge on any atom is 0.159 e. The van der Waals surface area contributed by atoms with Crippen LogP contribution in [0.3, 0.4) is 0 Å². The maximum absolute atomic E-state index is 13.5. The summed E-state index contributed by atoms with van der Waals surface area (Å²) in [6.07, 6.45) is 14.4. The van der Waals surface area contributed by atoms with Crippen molar-refractivity contribution in [2.45, 2.75) is 95.7 Å². The summed E-state index contributed by atoms with van der Waals surface area (Å²) in [5.74, 6) is 1.16. The lowest BCUT2D eigenvalue weighted by Crippen LogP contribution is -2.50. The molecule has 0 unspecified atom stereocenters. The van der Waals surface area contributed by atoms with E-state index in [2.05, 4.69) is 37.3 Å². The zero-order valence-corrected chi connectivity index (χ0v) is 21.5. The van der Waals surface area contributed by atoms with Crippen molar-refractivity contribution in [3.05, 3.63) is 65.7 Å². The average molecular weight is 469 g/mol. The maximum atomic E-state index is 13.5. The second-order valence-electron chi connectivity index (χ2n) is 11.0. The quantitative estimate of drug-likeness (QED) is 0.255. The molecular formula is C30H42F2Si. The fourth-order valence-electron chi connectivity index (χ4n) is 6.87. The Hall–Kier alpha value is -1.48. The lowest BCUT2D eigenvalue weighted by atomic mass is 9.73. The molecule has 33 heavy (non-hydrogen) atoms. The van der Waals surface area contributed by atoms with Crippen molar-refractivity contribution < 1.29 is 8.78 Å². The minimum absolute atomic E-state index is 0.710. The zero-order chi connectivity index (χ0) is 23.1. The smallest absolute Gasteiger partial charge is 0.159 e. The molecule has 2 aliphatic rings. The fourth-order valence-corrected chi connectivity index (χ4v) is 12.2. The van der Waals surface area contributed by atoms with Crippen molar-refractivity contribution in [1.82, 2.24) is 0 Å². The number of unbranched alkanes of at least 4 members (excludes halogenated alkanes) is 2. The number of rotatable bonds is 9. The summed E-state index contributed by atoms with van der Waals surface area (Å²) in [7, 11) is -1.33. The molecule has 1 aliphatic carbocycles. The van der Waals surface area contributed by atoms with Crippen LogP contribution in [0.5, 0.6) is 0 Å². The molecule has 0 aromatic heterocycles. The van der Waals surface area contributed by atoms with Gasteiger partial charge in [0, 0.05) is 0 Å². The molecule has 0 bridgehead atoms. The molecule has 4 rings (SSSR count). The van der Waals surface area contributed by atoms with Crippen LogP contribution in [0.2, 0.25) is 18.1 Å². The first-order valence-electron chi connectivity index (χ1n) is 13.6. The van der Waals surface area contributed by atoms with Crippen LogP contribution in [0.15, 0.2) is 48.5 Å². The van der Waals surface area contributed by atoms with Crippen molar-refractivity contribution in [3.63, 3.8) is 0 Å². The van der Waals surface area contributed by atoms with Gasteiger partial charge in [-0.2, -0.15) is 0 Å². The number of halogens is 2. The van der Waals surface area contributed by atoms with Crippen LogP contribution < -0.4 is 5.19 Å². The first-order valence-corrected chi connectivity index (χ1v) is 16.2. The molecule has 0 nitrogen and oxygen atoms in total. The first-order chi connectivity index (χ1) is 16.1. The Morgan fingerprint density at radius 2 is 1.48 bits per heavy atom. The molecule has 1 aliphatic heterocycles. The molecule has 1 saturated carbocycles. The van der Waals surface area contributed by atoms with Crippen LogP contribution in [0, 0.1) is 29.4 Å². The Kier molecular flexibility index (Phi) is 8.79.